The Bertz CT molecular complexity index is 1270. The van der Waals surface area contributed by atoms with Crippen LogP contribution >= 0.6 is 0 Å². The molecule has 1 atom stereocenters. The Labute approximate surface area is 155 Å². The van der Waals surface area contributed by atoms with Gasteiger partial charge in [-0.15, -0.1) is 0 Å². The van der Waals surface area contributed by atoms with Crippen molar-refractivity contribution in [3.05, 3.63) is 66.4 Å². The number of rotatable bonds is 3. The summed E-state index contributed by atoms with van der Waals surface area (Å²) in [6, 6.07) is 10.4. The molecule has 0 saturated carbocycles. The Morgan fingerprint density at radius 2 is 1.85 bits per heavy atom. The van der Waals surface area contributed by atoms with Crippen LogP contribution in [0.1, 0.15) is 24.1 Å². The average molecular weight is 357 g/mol. The maximum absolute atomic E-state index is 4.82. The predicted octanol–water partition coefficient (Wildman–Crippen LogP) is 3.17. The molecule has 27 heavy (non-hydrogen) atoms. The van der Waals surface area contributed by atoms with Gasteiger partial charge in [0.25, 0.3) is 0 Å². The van der Waals surface area contributed by atoms with Crippen molar-refractivity contribution < 1.29 is 0 Å². The van der Waals surface area contributed by atoms with Gasteiger partial charge < -0.3 is 0 Å². The van der Waals surface area contributed by atoms with E-state index in [2.05, 4.69) is 40.3 Å². The van der Waals surface area contributed by atoms with Crippen LogP contribution in [-0.4, -0.2) is 34.2 Å². The second-order valence-electron chi connectivity index (χ2n) is 6.88. The molecule has 7 nitrogen and oxygen atoms in total. The smallest absolute Gasteiger partial charge is 0.153 e. The van der Waals surface area contributed by atoms with Crippen molar-refractivity contribution in [2.45, 2.75) is 12.8 Å². The summed E-state index contributed by atoms with van der Waals surface area (Å²) in [6.45, 7) is 2.18. The molecule has 0 radical (unpaired) electrons. The minimum absolute atomic E-state index is 0.154. The molecule has 0 saturated heterocycles. The van der Waals surface area contributed by atoms with Crippen molar-refractivity contribution in [1.82, 2.24) is 34.2 Å². The number of hydrogen-bond donors (Lipinski definition) is 0. The first-order chi connectivity index (χ1) is 13.1. The van der Waals surface area contributed by atoms with Gasteiger partial charge in [0, 0.05) is 37.2 Å². The van der Waals surface area contributed by atoms with Crippen LogP contribution in [0.25, 0.3) is 27.8 Å². The number of imidazole rings is 1. The first-order valence-electron chi connectivity index (χ1n) is 8.85. The zero-order valence-corrected chi connectivity index (χ0v) is 15.4. The fourth-order valence-corrected chi connectivity index (χ4v) is 3.52. The molecule has 0 N–H and O–H groups in total. The molecule has 134 valence electrons. The lowest BCUT2D eigenvalue weighted by molar-refractivity contribution is 0.767. The van der Waals surface area contributed by atoms with Gasteiger partial charge in [0.1, 0.15) is 0 Å². The van der Waals surface area contributed by atoms with Gasteiger partial charge in [-0.25, -0.2) is 9.50 Å². The van der Waals surface area contributed by atoms with Crippen LogP contribution in [0.2, 0.25) is 0 Å². The Hall–Kier alpha value is -3.48. The van der Waals surface area contributed by atoms with E-state index in [1.165, 1.54) is 5.56 Å². The molecule has 0 aliphatic rings. The van der Waals surface area contributed by atoms with Crippen molar-refractivity contribution in [3.8, 4) is 11.3 Å². The fraction of sp³-hybridized carbons (Fsp3) is 0.200. The fourth-order valence-electron chi connectivity index (χ4n) is 3.52. The van der Waals surface area contributed by atoms with Gasteiger partial charge in [-0.2, -0.15) is 15.3 Å². The SMILES string of the molecule is C[C@@H](c1ccc2c(cnn2C)c1)c1cnc2ccc(-c3cnn(C)c3)nn12. The molecule has 0 aliphatic carbocycles. The van der Waals surface area contributed by atoms with Crippen LogP contribution in [0.15, 0.2) is 55.1 Å². The molecule has 1 aromatic carbocycles. The minimum Gasteiger partial charge on any atom is -0.275 e. The summed E-state index contributed by atoms with van der Waals surface area (Å²) in [5.41, 5.74) is 6.10. The Balaban J connectivity index is 1.60. The second kappa shape index (κ2) is 5.77. The normalized spacial score (nSPS) is 12.9. The zero-order valence-electron chi connectivity index (χ0n) is 15.4. The van der Waals surface area contributed by atoms with Gasteiger partial charge in [0.2, 0.25) is 0 Å². The molecule has 0 spiro atoms. The number of nitrogens with zero attached hydrogens (tertiary/aromatic N) is 7. The highest BCUT2D eigenvalue weighted by Crippen LogP contribution is 2.28. The van der Waals surface area contributed by atoms with Crippen molar-refractivity contribution in [3.63, 3.8) is 0 Å². The van der Waals surface area contributed by atoms with Crippen molar-refractivity contribution in [2.75, 3.05) is 0 Å². The standard InChI is InChI=1S/C20H19N7/c1-13(14-4-6-18-15(8-14)9-23-26(18)3)19-11-21-20-7-5-17(24-27(19)20)16-10-22-25(2)12-16/h4-13H,1-3H3/t13-/m0/s1. The monoisotopic (exact) mass is 357 g/mol. The van der Waals surface area contributed by atoms with Gasteiger partial charge >= 0.3 is 0 Å². The molecular weight excluding hydrogens is 338 g/mol. The number of hydrogen-bond acceptors (Lipinski definition) is 4. The summed E-state index contributed by atoms with van der Waals surface area (Å²) in [5, 5.41) is 14.5. The van der Waals surface area contributed by atoms with E-state index < -0.39 is 0 Å². The number of aryl methyl sites for hydroxylation is 2. The van der Waals surface area contributed by atoms with Gasteiger partial charge in [0.15, 0.2) is 5.65 Å². The maximum atomic E-state index is 4.82. The van der Waals surface area contributed by atoms with Crippen molar-refractivity contribution in [1.29, 1.82) is 0 Å². The average Bonchev–Trinajstić information content (AvgIpc) is 3.39. The molecule has 0 bridgehead atoms. The van der Waals surface area contributed by atoms with E-state index in [0.29, 0.717) is 0 Å². The maximum Gasteiger partial charge on any atom is 0.153 e. The third kappa shape index (κ3) is 2.51. The van der Waals surface area contributed by atoms with Crippen molar-refractivity contribution >= 4 is 16.6 Å². The third-order valence-corrected chi connectivity index (χ3v) is 5.10. The summed E-state index contributed by atoms with van der Waals surface area (Å²) in [6.07, 6.45) is 7.60. The first-order valence-corrected chi connectivity index (χ1v) is 8.85. The molecule has 5 rings (SSSR count). The lowest BCUT2D eigenvalue weighted by atomic mass is 9.97. The number of benzene rings is 1. The van der Waals surface area contributed by atoms with E-state index in [0.717, 1.165) is 33.5 Å². The summed E-state index contributed by atoms with van der Waals surface area (Å²) in [7, 11) is 3.86. The van der Waals surface area contributed by atoms with E-state index in [1.54, 1.807) is 4.68 Å². The summed E-state index contributed by atoms with van der Waals surface area (Å²) in [5.74, 6) is 0.154. The van der Waals surface area contributed by atoms with Crippen LogP contribution in [0.5, 0.6) is 0 Å². The highest BCUT2D eigenvalue weighted by molar-refractivity contribution is 5.79. The van der Waals surface area contributed by atoms with E-state index in [1.807, 2.05) is 60.2 Å². The highest BCUT2D eigenvalue weighted by Gasteiger charge is 2.16. The van der Waals surface area contributed by atoms with Crippen LogP contribution in [0.4, 0.5) is 0 Å². The summed E-state index contributed by atoms with van der Waals surface area (Å²) >= 11 is 0. The molecule has 0 amide bonds. The summed E-state index contributed by atoms with van der Waals surface area (Å²) < 4.78 is 5.60. The van der Waals surface area contributed by atoms with Crippen LogP contribution in [-0.2, 0) is 14.1 Å². The molecule has 4 aromatic heterocycles. The van der Waals surface area contributed by atoms with E-state index in [4.69, 9.17) is 5.10 Å². The molecule has 0 fully saturated rings. The van der Waals surface area contributed by atoms with E-state index in [9.17, 15) is 0 Å². The Morgan fingerprint density at radius 3 is 2.67 bits per heavy atom. The number of fused-ring (bicyclic) bond motifs is 2. The molecule has 7 heteroatoms. The Kier molecular flexibility index (Phi) is 3.36. The van der Waals surface area contributed by atoms with Crippen molar-refractivity contribution in [2.24, 2.45) is 14.1 Å². The quantitative estimate of drug-likeness (QED) is 0.497. The molecule has 4 heterocycles. The second-order valence-corrected chi connectivity index (χ2v) is 6.88. The molecule has 5 aromatic rings. The van der Waals surface area contributed by atoms with Gasteiger partial charge in [-0.3, -0.25) is 9.36 Å². The largest absolute Gasteiger partial charge is 0.275 e. The third-order valence-electron chi connectivity index (χ3n) is 5.10. The molecular formula is C20H19N7. The Morgan fingerprint density at radius 1 is 0.963 bits per heavy atom. The van der Waals surface area contributed by atoms with E-state index in [-0.39, 0.29) is 5.92 Å². The topological polar surface area (TPSA) is 65.8 Å². The lowest BCUT2D eigenvalue weighted by Gasteiger charge is -2.12. The molecule has 0 aliphatic heterocycles. The van der Waals surface area contributed by atoms with Gasteiger partial charge in [0.05, 0.1) is 35.5 Å². The predicted molar refractivity (Wildman–Crippen MR) is 103 cm³/mol. The van der Waals surface area contributed by atoms with Gasteiger partial charge in [-0.1, -0.05) is 13.0 Å². The number of aromatic nitrogens is 7. The minimum atomic E-state index is 0.154. The molecule has 0 unspecified atom stereocenters. The van der Waals surface area contributed by atoms with Crippen LogP contribution in [0, 0.1) is 0 Å². The lowest BCUT2D eigenvalue weighted by Crippen LogP contribution is -2.04. The highest BCUT2D eigenvalue weighted by atomic mass is 15.3. The van der Waals surface area contributed by atoms with Crippen LogP contribution < -0.4 is 0 Å². The summed E-state index contributed by atoms with van der Waals surface area (Å²) in [4.78, 5) is 4.53. The first kappa shape index (κ1) is 15.7. The zero-order chi connectivity index (χ0) is 18.5. The van der Waals surface area contributed by atoms with Gasteiger partial charge in [-0.05, 0) is 29.8 Å². The van der Waals surface area contributed by atoms with E-state index >= 15 is 0 Å². The van der Waals surface area contributed by atoms with Crippen LogP contribution in [0.3, 0.4) is 0 Å².